The second-order valence-corrected chi connectivity index (χ2v) is 9.80. The summed E-state index contributed by atoms with van der Waals surface area (Å²) in [7, 11) is 3.10. The Morgan fingerprint density at radius 1 is 1.31 bits per heavy atom. The Hall–Kier alpha value is -4.76. The highest BCUT2D eigenvalue weighted by atomic mass is 16.5. The molecule has 39 heavy (non-hydrogen) atoms. The highest BCUT2D eigenvalue weighted by molar-refractivity contribution is 6.04. The number of methoxy groups -OCH3 is 1. The van der Waals surface area contributed by atoms with Crippen LogP contribution in [0.3, 0.4) is 0 Å². The number of hydrogen-bond donors (Lipinski definition) is 2. The van der Waals surface area contributed by atoms with Crippen molar-refractivity contribution in [1.29, 1.82) is 5.26 Å². The smallest absolute Gasteiger partial charge is 0.296 e. The van der Waals surface area contributed by atoms with Crippen LogP contribution in [0, 0.1) is 11.3 Å². The Morgan fingerprint density at radius 3 is 2.72 bits per heavy atom. The molecule has 0 radical (unpaired) electrons. The van der Waals surface area contributed by atoms with Crippen LogP contribution < -0.4 is 10.9 Å². The van der Waals surface area contributed by atoms with Crippen LogP contribution in [0.5, 0.6) is 5.75 Å². The maximum atomic E-state index is 13.0. The number of ether oxygens (including phenoxy) is 1. The molecule has 12 heteroatoms. The zero-order valence-electron chi connectivity index (χ0n) is 22.2. The van der Waals surface area contributed by atoms with Gasteiger partial charge in [0.2, 0.25) is 5.75 Å². The Bertz CT molecular complexity index is 1580. The van der Waals surface area contributed by atoms with E-state index in [-0.39, 0.29) is 11.5 Å². The molecule has 0 bridgehead atoms. The number of nitrogens with one attached hydrogen (secondary N) is 1. The number of rotatable bonds is 9. The molecule has 1 amide bonds. The molecule has 0 fully saturated rings. The summed E-state index contributed by atoms with van der Waals surface area (Å²) in [5.74, 6) is -2.36. The number of carbonyl (C=O) groups is 1. The number of hydrogen-bond acceptors (Lipinski definition) is 9. The number of nitrogens with zero attached hydrogens (tertiary/aromatic N) is 6. The number of anilines is 1. The van der Waals surface area contributed by atoms with Gasteiger partial charge in [-0.3, -0.25) is 18.8 Å². The van der Waals surface area contributed by atoms with Crippen LogP contribution >= 0.6 is 0 Å². The molecule has 0 aliphatic heterocycles. The number of aromatic hydroxyl groups is 1. The first kappa shape index (κ1) is 27.3. The topological polar surface area (TPSA) is 161 Å². The Kier molecular flexibility index (Phi) is 7.64. The van der Waals surface area contributed by atoms with Crippen molar-refractivity contribution in [2.24, 2.45) is 7.05 Å². The van der Waals surface area contributed by atoms with Gasteiger partial charge >= 0.3 is 0 Å². The maximum absolute atomic E-state index is 13.0. The molecule has 3 heterocycles. The molecular weight excluding hydrogens is 502 g/mol. The molecule has 0 spiro atoms. The second-order valence-electron chi connectivity index (χ2n) is 9.80. The largest absolute Gasteiger partial charge is 0.501 e. The predicted octanol–water partition coefficient (Wildman–Crippen LogP) is 3.15. The van der Waals surface area contributed by atoms with E-state index in [1.165, 1.54) is 24.1 Å². The molecule has 1 aromatic carbocycles. The quantitative estimate of drug-likeness (QED) is 0.330. The van der Waals surface area contributed by atoms with Crippen LogP contribution in [-0.2, 0) is 18.3 Å². The van der Waals surface area contributed by atoms with Crippen molar-refractivity contribution in [2.45, 2.75) is 44.8 Å². The Labute approximate surface area is 224 Å². The van der Waals surface area contributed by atoms with E-state index in [9.17, 15) is 20.0 Å². The van der Waals surface area contributed by atoms with E-state index < -0.39 is 40.3 Å². The van der Waals surface area contributed by atoms with Gasteiger partial charge in [-0.15, -0.1) is 0 Å². The highest BCUT2D eigenvalue weighted by Gasteiger charge is 2.32. The van der Waals surface area contributed by atoms with Crippen molar-refractivity contribution in [3.05, 3.63) is 87.7 Å². The molecule has 2 N–H and O–H groups in total. The molecule has 12 nitrogen and oxygen atoms in total. The highest BCUT2D eigenvalue weighted by Crippen LogP contribution is 2.39. The van der Waals surface area contributed by atoms with E-state index in [4.69, 9.17) is 9.26 Å². The lowest BCUT2D eigenvalue weighted by Crippen LogP contribution is -2.30. The fourth-order valence-electron chi connectivity index (χ4n) is 4.47. The zero-order chi connectivity index (χ0) is 28.3. The van der Waals surface area contributed by atoms with Gasteiger partial charge in [0.05, 0.1) is 36.2 Å². The molecule has 3 aromatic heterocycles. The minimum absolute atomic E-state index is 0.232. The first-order chi connectivity index (χ1) is 18.6. The summed E-state index contributed by atoms with van der Waals surface area (Å²) in [5, 5.41) is 30.9. The molecule has 202 valence electrons. The third-order valence-electron chi connectivity index (χ3n) is 6.64. The van der Waals surface area contributed by atoms with E-state index in [0.717, 1.165) is 5.56 Å². The fraction of sp³-hybridized carbons (Fsp3) is 0.333. The molecule has 0 saturated heterocycles. The molecule has 2 atom stereocenters. The van der Waals surface area contributed by atoms with Gasteiger partial charge in [0.25, 0.3) is 11.5 Å². The van der Waals surface area contributed by atoms with E-state index in [2.05, 4.69) is 26.6 Å². The van der Waals surface area contributed by atoms with Crippen LogP contribution in [0.2, 0.25) is 0 Å². The van der Waals surface area contributed by atoms with Crippen molar-refractivity contribution in [1.82, 2.24) is 24.5 Å². The summed E-state index contributed by atoms with van der Waals surface area (Å²) in [5.41, 5.74) is 0.477. The summed E-state index contributed by atoms with van der Waals surface area (Å²) < 4.78 is 13.2. The molecule has 0 unspecified atom stereocenters. The Morgan fingerprint density at radius 2 is 2.05 bits per heavy atom. The van der Waals surface area contributed by atoms with Crippen LogP contribution in [0.25, 0.3) is 0 Å². The lowest BCUT2D eigenvalue weighted by molar-refractivity contribution is 0.00539. The van der Waals surface area contributed by atoms with Crippen LogP contribution in [0.1, 0.15) is 65.6 Å². The third-order valence-corrected chi connectivity index (χ3v) is 6.64. The first-order valence-corrected chi connectivity index (χ1v) is 12.1. The van der Waals surface area contributed by atoms with Gasteiger partial charge in [0, 0.05) is 32.2 Å². The monoisotopic (exact) mass is 531 g/mol. The summed E-state index contributed by atoms with van der Waals surface area (Å²) in [4.78, 5) is 30.4. The third kappa shape index (κ3) is 5.58. The molecule has 4 rings (SSSR count). The molecule has 4 aromatic rings. The zero-order valence-corrected chi connectivity index (χ0v) is 22.2. The molecule has 0 aliphatic carbocycles. The standard InChI is InChI=1S/C27H29N7O5/c1-16(24-32-22(23(35)26(37)33(24)4)25(36)31-19-12-30-39-14-19)21(20-9-7-6-8-17(20)10-28)18-11-29-34(13-18)15-27(2,3)38-5/h6-9,11-14,16,21,35H,15H2,1-5H3,(H,31,36)/t16-,21+/m0/s1. The summed E-state index contributed by atoms with van der Waals surface area (Å²) >= 11 is 0. The number of amides is 1. The van der Waals surface area contributed by atoms with Gasteiger partial charge in [-0.25, -0.2) is 4.98 Å². The maximum Gasteiger partial charge on any atom is 0.296 e. The van der Waals surface area contributed by atoms with Crippen LogP contribution in [0.15, 0.2) is 58.4 Å². The molecule has 0 saturated carbocycles. The number of aromatic nitrogens is 5. The lowest BCUT2D eigenvalue weighted by atomic mass is 9.80. The van der Waals surface area contributed by atoms with Gasteiger partial charge in [-0.05, 0) is 31.0 Å². The molecule has 0 aliphatic rings. The minimum atomic E-state index is -0.801. The molecular formula is C27H29N7O5. The summed E-state index contributed by atoms with van der Waals surface area (Å²) in [6.07, 6.45) is 6.06. The van der Waals surface area contributed by atoms with Crippen LogP contribution in [0.4, 0.5) is 5.69 Å². The van der Waals surface area contributed by atoms with Crippen molar-refractivity contribution in [3.63, 3.8) is 0 Å². The lowest BCUT2D eigenvalue weighted by Gasteiger charge is -2.26. The Balaban J connectivity index is 1.83. The van der Waals surface area contributed by atoms with Gasteiger partial charge in [-0.2, -0.15) is 10.4 Å². The van der Waals surface area contributed by atoms with Gasteiger partial charge in [-0.1, -0.05) is 30.3 Å². The van der Waals surface area contributed by atoms with Gasteiger partial charge in [0.1, 0.15) is 17.8 Å². The number of nitriles is 1. The van der Waals surface area contributed by atoms with Crippen molar-refractivity contribution < 1.29 is 19.2 Å². The first-order valence-electron chi connectivity index (χ1n) is 12.1. The van der Waals surface area contributed by atoms with Crippen molar-refractivity contribution in [3.8, 4) is 11.8 Å². The average Bonchev–Trinajstić information content (AvgIpc) is 3.60. The van der Waals surface area contributed by atoms with E-state index in [1.54, 1.807) is 30.1 Å². The van der Waals surface area contributed by atoms with E-state index in [0.29, 0.717) is 17.7 Å². The van der Waals surface area contributed by atoms with Crippen LogP contribution in [-0.4, -0.2) is 48.2 Å². The average molecular weight is 532 g/mol. The minimum Gasteiger partial charge on any atom is -0.501 e. The summed E-state index contributed by atoms with van der Waals surface area (Å²) in [6, 6.07) is 9.40. The van der Waals surface area contributed by atoms with Gasteiger partial charge in [0.15, 0.2) is 5.69 Å². The predicted molar refractivity (Wildman–Crippen MR) is 140 cm³/mol. The SMILES string of the molecule is COC(C)(C)Cn1cc([C@H](c2ccccc2C#N)[C@H](C)c2nc(C(=O)Nc3cnoc3)c(O)c(=O)n2C)cn1. The number of carbonyl (C=O) groups excluding carboxylic acids is 1. The number of benzene rings is 1. The summed E-state index contributed by atoms with van der Waals surface area (Å²) in [6.45, 7) is 6.22. The van der Waals surface area contributed by atoms with Crippen molar-refractivity contribution >= 4 is 11.6 Å². The fourth-order valence-corrected chi connectivity index (χ4v) is 4.47. The van der Waals surface area contributed by atoms with Crippen molar-refractivity contribution in [2.75, 3.05) is 12.4 Å². The van der Waals surface area contributed by atoms with E-state index >= 15 is 0 Å². The second kappa shape index (κ2) is 10.9. The normalized spacial score (nSPS) is 13.0. The van der Waals surface area contributed by atoms with E-state index in [1.807, 2.05) is 39.1 Å². The van der Waals surface area contributed by atoms with Gasteiger partial charge < -0.3 is 19.7 Å².